The fraction of sp³-hybridized carbons (Fsp3) is 0.444. The number of rotatable bonds is 8. The summed E-state index contributed by atoms with van der Waals surface area (Å²) in [6.45, 7) is 18.3. The first-order valence-electron chi connectivity index (χ1n) is 15.8. The molecule has 0 saturated heterocycles. The quantitative estimate of drug-likeness (QED) is 0.193. The Bertz CT molecular complexity index is 1530. The van der Waals surface area contributed by atoms with Gasteiger partial charge in [-0.1, -0.05) is 55.4 Å². The normalized spacial score (nSPS) is 12.3. The molecular weight excluding hydrogens is 547 g/mol. The molecule has 0 fully saturated rings. The van der Waals surface area contributed by atoms with Crippen molar-refractivity contribution in [3.8, 4) is 0 Å². The molecule has 0 spiro atoms. The van der Waals surface area contributed by atoms with Crippen LogP contribution in [0.4, 0.5) is 0 Å². The first-order valence-corrected chi connectivity index (χ1v) is 15.8. The largest absolute Gasteiger partial charge is 0.355 e. The van der Waals surface area contributed by atoms with E-state index in [0.717, 1.165) is 51.4 Å². The zero-order valence-corrected chi connectivity index (χ0v) is 27.3. The maximum Gasteiger partial charge on any atom is 0.0441 e. The Morgan fingerprint density at radius 2 is 0.512 bits per heavy atom. The molecule has 4 nitrogen and oxygen atoms in total. The molecule has 1 aliphatic heterocycles. The van der Waals surface area contributed by atoms with E-state index in [1.54, 1.807) is 0 Å². The first kappa shape index (κ1) is 31.1. The fourth-order valence-electron chi connectivity index (χ4n) is 7.28. The second-order valence-electron chi connectivity index (χ2n) is 11.0. The maximum absolute atomic E-state index is 3.87. The molecule has 41 heavy (non-hydrogen) atoms. The molecule has 0 unspecified atom stereocenters. The monoisotopic (exact) mass is 595 g/mol. The molecule has 1 radical (unpaired) electrons. The van der Waals surface area contributed by atoms with Crippen LogP contribution in [0.5, 0.6) is 0 Å². The minimum Gasteiger partial charge on any atom is -0.355 e. The molecule has 5 heteroatoms. The predicted molar refractivity (Wildman–Crippen MR) is 171 cm³/mol. The van der Waals surface area contributed by atoms with Gasteiger partial charge in [-0.3, -0.25) is 0 Å². The summed E-state index contributed by atoms with van der Waals surface area (Å²) < 4.78 is 0. The summed E-state index contributed by atoms with van der Waals surface area (Å²) in [5, 5.41) is 4.94. The van der Waals surface area contributed by atoms with E-state index in [2.05, 4.69) is 99.6 Å². The van der Waals surface area contributed by atoms with Gasteiger partial charge in [-0.2, -0.15) is 0 Å². The van der Waals surface area contributed by atoms with Crippen molar-refractivity contribution < 1.29 is 16.8 Å². The van der Waals surface area contributed by atoms with Gasteiger partial charge in [0.25, 0.3) is 0 Å². The minimum absolute atomic E-state index is 0. The summed E-state index contributed by atoms with van der Waals surface area (Å²) in [5.41, 5.74) is 16.4. The average molecular weight is 596 g/mol. The molecular formula is C36H48CoN4. The van der Waals surface area contributed by atoms with Crippen LogP contribution in [0.15, 0.2) is 0 Å². The average Bonchev–Trinajstić information content (AvgIpc) is 3.67. The van der Waals surface area contributed by atoms with Crippen molar-refractivity contribution in [3.05, 3.63) is 88.7 Å². The number of hydrogen-bond acceptors (Lipinski definition) is 0. The smallest absolute Gasteiger partial charge is 0.0441 e. The molecule has 5 heterocycles. The van der Waals surface area contributed by atoms with Crippen molar-refractivity contribution in [1.82, 2.24) is 19.9 Å². The van der Waals surface area contributed by atoms with Gasteiger partial charge in [0.1, 0.15) is 0 Å². The Morgan fingerprint density at radius 1 is 0.317 bits per heavy atom. The van der Waals surface area contributed by atoms with Crippen LogP contribution in [0.3, 0.4) is 0 Å². The predicted octanol–water partition coefficient (Wildman–Crippen LogP) is 5.12. The van der Waals surface area contributed by atoms with Gasteiger partial charge >= 0.3 is 0 Å². The van der Waals surface area contributed by atoms with Crippen LogP contribution < -0.4 is 21.4 Å². The zero-order chi connectivity index (χ0) is 28.6. The van der Waals surface area contributed by atoms with Crippen molar-refractivity contribution in [1.29, 1.82) is 0 Å². The van der Waals surface area contributed by atoms with Gasteiger partial charge in [0, 0.05) is 61.0 Å². The van der Waals surface area contributed by atoms with E-state index in [1.807, 2.05) is 0 Å². The van der Waals surface area contributed by atoms with Crippen LogP contribution in [0.2, 0.25) is 0 Å². The Kier molecular flexibility index (Phi) is 9.81. The van der Waals surface area contributed by atoms with Crippen LogP contribution in [-0.2, 0) is 68.1 Å². The van der Waals surface area contributed by atoms with Crippen LogP contribution in [0.1, 0.15) is 123 Å². The van der Waals surface area contributed by atoms with Crippen LogP contribution in [0, 0.1) is 0 Å². The third-order valence-corrected chi connectivity index (χ3v) is 9.12. The standard InChI is InChI=1S/C36H48N4.Co/c1-9-21-22(10-2)30-18-32-25(13-5)26(14-6)34(39-32)20-36-28(16-8)27(15-7)35(40-36)19-33-24(12-4)23(11-3)31(38-33)17-29(21)37-30;/h17-20,37-40H,9-16H2,1-8H3;. The topological polar surface area (TPSA) is 63.2 Å². The third-order valence-electron chi connectivity index (χ3n) is 9.12. The van der Waals surface area contributed by atoms with Crippen molar-refractivity contribution in [2.75, 3.05) is 0 Å². The number of H-pyrrole nitrogens is 4. The summed E-state index contributed by atoms with van der Waals surface area (Å²) in [5.74, 6) is 0. The number of aromatic nitrogens is 4. The molecule has 0 saturated carbocycles. The molecule has 221 valence electrons. The van der Waals surface area contributed by atoms with Gasteiger partial charge in [0.15, 0.2) is 0 Å². The molecule has 0 amide bonds. The molecule has 4 aromatic rings. The first-order chi connectivity index (χ1) is 19.5. The molecule has 8 bridgehead atoms. The van der Waals surface area contributed by atoms with Crippen LogP contribution in [-0.4, -0.2) is 19.9 Å². The van der Waals surface area contributed by atoms with Crippen molar-refractivity contribution in [2.24, 2.45) is 0 Å². The van der Waals surface area contributed by atoms with E-state index in [9.17, 15) is 0 Å². The van der Waals surface area contributed by atoms with Gasteiger partial charge in [-0.15, -0.1) is 0 Å². The summed E-state index contributed by atoms with van der Waals surface area (Å²) in [7, 11) is 0. The second kappa shape index (κ2) is 13.0. The van der Waals surface area contributed by atoms with Gasteiger partial charge in [-0.05, 0) is 120 Å². The molecule has 0 aliphatic carbocycles. The minimum atomic E-state index is 0. The number of aromatic amines is 4. The molecule has 4 aromatic heterocycles. The van der Waals surface area contributed by atoms with Crippen LogP contribution >= 0.6 is 0 Å². The molecule has 0 aromatic carbocycles. The summed E-state index contributed by atoms with van der Waals surface area (Å²) in [4.78, 5) is 15.5. The molecule has 1 aliphatic rings. The van der Waals surface area contributed by atoms with Gasteiger partial charge in [-0.25, -0.2) is 0 Å². The molecule has 4 N–H and O–H groups in total. The Balaban J connectivity index is 0.00000387. The van der Waals surface area contributed by atoms with Crippen molar-refractivity contribution in [3.63, 3.8) is 0 Å². The molecule has 5 rings (SSSR count). The maximum atomic E-state index is 3.87. The Morgan fingerprint density at radius 3 is 0.683 bits per heavy atom. The van der Waals surface area contributed by atoms with E-state index < -0.39 is 0 Å². The Hall–Kier alpha value is -2.89. The van der Waals surface area contributed by atoms with Gasteiger partial charge in [0.2, 0.25) is 0 Å². The Labute approximate surface area is 255 Å². The SMILES string of the molecule is CCc1c2[nH]c(c1CC)C=c1[nH]c(c(CC)c1CC)=Cc1[nH]c(c(CC)c1CC)C=c1[nH]c(c(CC)c1CC)=C2.[Co]. The van der Waals surface area contributed by atoms with E-state index in [4.69, 9.17) is 0 Å². The number of fused-ring (bicyclic) bond motifs is 8. The van der Waals surface area contributed by atoms with Crippen molar-refractivity contribution in [2.45, 2.75) is 107 Å². The van der Waals surface area contributed by atoms with E-state index >= 15 is 0 Å². The number of nitrogens with one attached hydrogen (secondary N) is 4. The fourth-order valence-corrected chi connectivity index (χ4v) is 7.28. The van der Waals surface area contributed by atoms with Crippen LogP contribution in [0.25, 0.3) is 24.3 Å². The zero-order valence-electron chi connectivity index (χ0n) is 26.3. The molecule has 0 atom stereocenters. The number of hydrogen-bond donors (Lipinski definition) is 4. The second-order valence-corrected chi connectivity index (χ2v) is 11.0. The summed E-state index contributed by atoms with van der Waals surface area (Å²) in [6, 6.07) is 0. The van der Waals surface area contributed by atoms with Crippen molar-refractivity contribution >= 4 is 24.3 Å². The van der Waals surface area contributed by atoms with E-state index in [1.165, 1.54) is 88.7 Å². The van der Waals surface area contributed by atoms with Gasteiger partial charge < -0.3 is 19.9 Å². The van der Waals surface area contributed by atoms with Gasteiger partial charge in [0.05, 0.1) is 0 Å². The third kappa shape index (κ3) is 5.28. The van der Waals surface area contributed by atoms with E-state index in [0.29, 0.717) is 0 Å². The van der Waals surface area contributed by atoms with E-state index in [-0.39, 0.29) is 16.8 Å². The summed E-state index contributed by atoms with van der Waals surface area (Å²) in [6.07, 6.45) is 17.6. The summed E-state index contributed by atoms with van der Waals surface area (Å²) >= 11 is 0.